The fourth-order valence-corrected chi connectivity index (χ4v) is 6.02. The first kappa shape index (κ1) is 20.6. The quantitative estimate of drug-likeness (QED) is 0.570. The van der Waals surface area contributed by atoms with Crippen molar-refractivity contribution in [3.05, 3.63) is 53.6 Å². The first-order valence-electron chi connectivity index (χ1n) is 9.50. The first-order chi connectivity index (χ1) is 13.2. The van der Waals surface area contributed by atoms with Gasteiger partial charge in [-0.3, -0.25) is 5.32 Å². The SMILES string of the molecule is CCC(O)C[C@@]1(CC)CS(=O)(=O)c2cc(O)c(O)cc2[C@H](c2ccccc2)N1. The molecule has 1 heterocycles. The van der Waals surface area contributed by atoms with Crippen LogP contribution in [0.25, 0.3) is 0 Å². The van der Waals surface area contributed by atoms with E-state index in [1.54, 1.807) is 0 Å². The molecule has 3 rings (SSSR count). The van der Waals surface area contributed by atoms with Crippen LogP contribution in [0.3, 0.4) is 0 Å². The third-order valence-electron chi connectivity index (χ3n) is 5.58. The van der Waals surface area contributed by atoms with Gasteiger partial charge in [0.15, 0.2) is 21.3 Å². The number of fused-ring (bicyclic) bond motifs is 1. The molecule has 2 aromatic rings. The summed E-state index contributed by atoms with van der Waals surface area (Å²) in [6.45, 7) is 3.76. The Morgan fingerprint density at radius 2 is 1.79 bits per heavy atom. The highest BCUT2D eigenvalue weighted by molar-refractivity contribution is 7.91. The highest BCUT2D eigenvalue weighted by Crippen LogP contribution is 2.42. The van der Waals surface area contributed by atoms with Gasteiger partial charge in [-0.15, -0.1) is 0 Å². The van der Waals surface area contributed by atoms with E-state index in [9.17, 15) is 23.7 Å². The molecular weight excluding hydrogens is 378 g/mol. The summed E-state index contributed by atoms with van der Waals surface area (Å²) in [5, 5.41) is 33.8. The van der Waals surface area contributed by atoms with Gasteiger partial charge in [-0.25, -0.2) is 8.42 Å². The van der Waals surface area contributed by atoms with Gasteiger partial charge < -0.3 is 15.3 Å². The molecular formula is C21H27NO5S. The van der Waals surface area contributed by atoms with Gasteiger partial charge in [-0.1, -0.05) is 44.2 Å². The van der Waals surface area contributed by atoms with E-state index in [0.717, 1.165) is 11.6 Å². The molecule has 0 aromatic heterocycles. The van der Waals surface area contributed by atoms with E-state index in [0.29, 0.717) is 18.4 Å². The Morgan fingerprint density at radius 3 is 2.39 bits per heavy atom. The van der Waals surface area contributed by atoms with E-state index >= 15 is 0 Å². The Labute approximate surface area is 165 Å². The van der Waals surface area contributed by atoms with Crippen LogP contribution in [0.4, 0.5) is 0 Å². The highest BCUT2D eigenvalue weighted by atomic mass is 32.2. The van der Waals surface area contributed by atoms with Crippen molar-refractivity contribution >= 4 is 9.84 Å². The Morgan fingerprint density at radius 1 is 1.14 bits per heavy atom. The highest BCUT2D eigenvalue weighted by Gasteiger charge is 2.43. The minimum Gasteiger partial charge on any atom is -0.504 e. The van der Waals surface area contributed by atoms with Crippen LogP contribution >= 0.6 is 0 Å². The molecule has 2 aromatic carbocycles. The fraction of sp³-hybridized carbons (Fsp3) is 0.429. The van der Waals surface area contributed by atoms with Crippen LogP contribution in [-0.4, -0.2) is 41.1 Å². The van der Waals surface area contributed by atoms with E-state index in [1.807, 2.05) is 44.2 Å². The number of nitrogens with one attached hydrogen (secondary N) is 1. The van der Waals surface area contributed by atoms with E-state index in [-0.39, 0.29) is 22.8 Å². The van der Waals surface area contributed by atoms with Crippen molar-refractivity contribution in [1.29, 1.82) is 0 Å². The number of hydrogen-bond acceptors (Lipinski definition) is 6. The van der Waals surface area contributed by atoms with Crippen LogP contribution in [0, 0.1) is 0 Å². The van der Waals surface area contributed by atoms with E-state index in [1.165, 1.54) is 6.07 Å². The summed E-state index contributed by atoms with van der Waals surface area (Å²) in [6.07, 6.45) is 0.670. The number of phenols is 2. The third kappa shape index (κ3) is 3.87. The predicted molar refractivity (Wildman–Crippen MR) is 107 cm³/mol. The molecule has 0 radical (unpaired) electrons. The predicted octanol–water partition coefficient (Wildman–Crippen LogP) is 2.87. The smallest absolute Gasteiger partial charge is 0.180 e. The molecule has 0 bridgehead atoms. The van der Waals surface area contributed by atoms with Crippen LogP contribution in [0.1, 0.15) is 50.3 Å². The maximum atomic E-state index is 13.3. The summed E-state index contributed by atoms with van der Waals surface area (Å²) in [5.41, 5.74) is 0.386. The van der Waals surface area contributed by atoms with Crippen LogP contribution < -0.4 is 5.32 Å². The fourth-order valence-electron chi connectivity index (χ4n) is 3.91. The number of aliphatic hydroxyl groups is 1. The van der Waals surface area contributed by atoms with Gasteiger partial charge in [0.2, 0.25) is 0 Å². The van der Waals surface area contributed by atoms with E-state index < -0.39 is 33.3 Å². The Bertz CT molecular complexity index is 945. The molecule has 1 unspecified atom stereocenters. The third-order valence-corrected chi connectivity index (χ3v) is 7.53. The number of aromatic hydroxyl groups is 2. The topological polar surface area (TPSA) is 107 Å². The van der Waals surface area contributed by atoms with Crippen LogP contribution in [-0.2, 0) is 9.84 Å². The van der Waals surface area contributed by atoms with Crippen molar-refractivity contribution in [1.82, 2.24) is 5.32 Å². The average molecular weight is 406 g/mol. The monoisotopic (exact) mass is 405 g/mol. The molecule has 1 aliphatic rings. The molecule has 0 saturated heterocycles. The zero-order valence-electron chi connectivity index (χ0n) is 16.1. The van der Waals surface area contributed by atoms with Crippen molar-refractivity contribution in [3.8, 4) is 11.5 Å². The number of phenolic OH excluding ortho intramolecular Hbond substituents is 2. The summed E-state index contributed by atoms with van der Waals surface area (Å²) in [7, 11) is -3.78. The summed E-state index contributed by atoms with van der Waals surface area (Å²) in [6, 6.07) is 11.3. The van der Waals surface area contributed by atoms with Gasteiger partial charge in [0.1, 0.15) is 0 Å². The number of aliphatic hydroxyl groups excluding tert-OH is 1. The molecule has 0 spiro atoms. The summed E-state index contributed by atoms with van der Waals surface area (Å²) in [4.78, 5) is 0.00506. The second-order valence-corrected chi connectivity index (χ2v) is 9.48. The normalized spacial score (nSPS) is 24.9. The second kappa shape index (κ2) is 7.73. The van der Waals surface area contributed by atoms with Gasteiger partial charge in [-0.2, -0.15) is 0 Å². The molecule has 152 valence electrons. The maximum absolute atomic E-state index is 13.3. The second-order valence-electron chi connectivity index (χ2n) is 7.53. The summed E-state index contributed by atoms with van der Waals surface area (Å²) < 4.78 is 26.5. The number of sulfone groups is 1. The molecule has 1 aliphatic heterocycles. The zero-order valence-corrected chi connectivity index (χ0v) is 16.9. The molecule has 3 atom stereocenters. The lowest BCUT2D eigenvalue weighted by Crippen LogP contribution is -2.52. The molecule has 6 nitrogen and oxygen atoms in total. The molecule has 0 fully saturated rings. The Kier molecular flexibility index (Phi) is 5.70. The number of benzene rings is 2. The Hall–Kier alpha value is -2.09. The lowest BCUT2D eigenvalue weighted by molar-refractivity contribution is 0.115. The average Bonchev–Trinajstić information content (AvgIpc) is 2.76. The summed E-state index contributed by atoms with van der Waals surface area (Å²) >= 11 is 0. The molecule has 0 amide bonds. The molecule has 28 heavy (non-hydrogen) atoms. The number of rotatable bonds is 5. The van der Waals surface area contributed by atoms with Gasteiger partial charge in [-0.05, 0) is 36.5 Å². The van der Waals surface area contributed by atoms with Gasteiger partial charge in [0.05, 0.1) is 22.8 Å². The van der Waals surface area contributed by atoms with Crippen molar-refractivity contribution in [2.24, 2.45) is 0 Å². The largest absolute Gasteiger partial charge is 0.504 e. The Balaban J connectivity index is 2.25. The van der Waals surface area contributed by atoms with E-state index in [2.05, 4.69) is 5.32 Å². The molecule has 7 heteroatoms. The minimum absolute atomic E-state index is 0.00506. The van der Waals surface area contributed by atoms with Crippen LogP contribution in [0.15, 0.2) is 47.4 Å². The van der Waals surface area contributed by atoms with Crippen LogP contribution in [0.2, 0.25) is 0 Å². The molecule has 0 aliphatic carbocycles. The van der Waals surface area contributed by atoms with Crippen molar-refractivity contribution in [2.75, 3.05) is 5.75 Å². The standard InChI is InChI=1S/C21H27NO5S/c1-3-15(23)12-21(4-2)13-28(26,27)19-11-18(25)17(24)10-16(19)20(22-21)14-8-6-5-7-9-14/h5-11,15,20,22-25H,3-4,12-13H2,1-2H3/t15?,20-,21-/m0/s1. The van der Waals surface area contributed by atoms with E-state index in [4.69, 9.17) is 0 Å². The lowest BCUT2D eigenvalue weighted by Gasteiger charge is -2.37. The summed E-state index contributed by atoms with van der Waals surface area (Å²) in [5.74, 6) is -1.03. The van der Waals surface area contributed by atoms with Crippen molar-refractivity contribution < 1.29 is 23.7 Å². The minimum atomic E-state index is -3.78. The zero-order chi connectivity index (χ0) is 20.5. The van der Waals surface area contributed by atoms with Crippen molar-refractivity contribution in [3.63, 3.8) is 0 Å². The van der Waals surface area contributed by atoms with Crippen molar-refractivity contribution in [2.45, 2.75) is 55.7 Å². The molecule has 4 N–H and O–H groups in total. The first-order valence-corrected chi connectivity index (χ1v) is 11.2. The maximum Gasteiger partial charge on any atom is 0.180 e. The lowest BCUT2D eigenvalue weighted by atomic mass is 9.87. The van der Waals surface area contributed by atoms with Gasteiger partial charge in [0, 0.05) is 11.6 Å². The molecule has 0 saturated carbocycles. The van der Waals surface area contributed by atoms with Gasteiger partial charge in [0.25, 0.3) is 0 Å². The van der Waals surface area contributed by atoms with Gasteiger partial charge >= 0.3 is 0 Å². The number of hydrogen-bond donors (Lipinski definition) is 4. The van der Waals surface area contributed by atoms with Crippen LogP contribution in [0.5, 0.6) is 11.5 Å².